The highest BCUT2D eigenvalue weighted by molar-refractivity contribution is 5.88. The number of hydrogen-bond acceptors (Lipinski definition) is 7. The molecular formula is C27H31N5O4. The Balaban J connectivity index is 0.000000212. The van der Waals surface area contributed by atoms with E-state index in [9.17, 15) is 14.7 Å². The largest absolute Gasteiger partial charge is 0.491 e. The van der Waals surface area contributed by atoms with Crippen LogP contribution in [-0.2, 0) is 11.3 Å². The number of aromatic nitrogens is 3. The summed E-state index contributed by atoms with van der Waals surface area (Å²) in [5.41, 5.74) is 7.10. The third-order valence-electron chi connectivity index (χ3n) is 5.50. The molecule has 0 spiro atoms. The number of nitrogens with zero attached hydrogens (tertiary/aromatic N) is 4. The Morgan fingerprint density at radius 2 is 2.00 bits per heavy atom. The number of rotatable bonds is 8. The van der Waals surface area contributed by atoms with Gasteiger partial charge in [-0.25, -0.2) is 9.67 Å². The third-order valence-corrected chi connectivity index (χ3v) is 5.50. The number of ether oxygens (including phenoxy) is 1. The summed E-state index contributed by atoms with van der Waals surface area (Å²) in [7, 11) is 3.86. The van der Waals surface area contributed by atoms with Crippen molar-refractivity contribution in [3.05, 3.63) is 71.8 Å². The summed E-state index contributed by atoms with van der Waals surface area (Å²) in [4.78, 5) is 26.8. The zero-order valence-corrected chi connectivity index (χ0v) is 20.6. The van der Waals surface area contributed by atoms with E-state index in [2.05, 4.69) is 21.9 Å². The first-order valence-electron chi connectivity index (χ1n) is 11.7. The normalized spacial score (nSPS) is 13.2. The van der Waals surface area contributed by atoms with Crippen molar-refractivity contribution in [1.29, 1.82) is 0 Å². The topological polar surface area (TPSA) is 124 Å². The van der Waals surface area contributed by atoms with E-state index in [1.807, 2.05) is 67.5 Å². The third kappa shape index (κ3) is 7.68. The Hall–Kier alpha value is -4.16. The quantitative estimate of drug-likeness (QED) is 0.283. The van der Waals surface area contributed by atoms with E-state index in [0.717, 1.165) is 48.1 Å². The number of hydrogen-bond donors (Lipinski definition) is 2. The lowest BCUT2D eigenvalue weighted by Crippen LogP contribution is -2.34. The van der Waals surface area contributed by atoms with Gasteiger partial charge in [0.05, 0.1) is 18.8 Å². The minimum Gasteiger partial charge on any atom is -0.491 e. The minimum absolute atomic E-state index is 0.0472. The molecule has 9 nitrogen and oxygen atoms in total. The number of carbonyl (C=O) groups excluding carboxylic acids is 2. The Morgan fingerprint density at radius 3 is 2.58 bits per heavy atom. The van der Waals surface area contributed by atoms with Crippen molar-refractivity contribution in [1.82, 2.24) is 14.8 Å². The fourth-order valence-electron chi connectivity index (χ4n) is 3.36. The van der Waals surface area contributed by atoms with E-state index in [0.29, 0.717) is 19.6 Å². The number of amides is 1. The zero-order valence-electron chi connectivity index (χ0n) is 20.6. The molecule has 36 heavy (non-hydrogen) atoms. The predicted octanol–water partition coefficient (Wildman–Crippen LogP) is 2.41. The van der Waals surface area contributed by atoms with Crippen molar-refractivity contribution in [2.75, 3.05) is 25.6 Å². The second-order valence-electron chi connectivity index (χ2n) is 8.63. The molecule has 1 saturated carbocycles. The van der Waals surface area contributed by atoms with Crippen LogP contribution in [0, 0.1) is 11.8 Å². The lowest BCUT2D eigenvalue weighted by molar-refractivity contribution is -0.108. The predicted molar refractivity (Wildman–Crippen MR) is 137 cm³/mol. The number of benzene rings is 2. The summed E-state index contributed by atoms with van der Waals surface area (Å²) in [6, 6.07) is 15.5. The highest BCUT2D eigenvalue weighted by Gasteiger charge is 2.32. The van der Waals surface area contributed by atoms with E-state index in [4.69, 9.17) is 10.5 Å². The second-order valence-corrected chi connectivity index (χ2v) is 8.63. The van der Waals surface area contributed by atoms with Crippen molar-refractivity contribution < 1.29 is 19.4 Å². The van der Waals surface area contributed by atoms with Crippen LogP contribution in [0.5, 0.6) is 5.75 Å². The molecule has 1 amide bonds. The Bertz CT molecular complexity index is 1220. The molecular weight excluding hydrogens is 458 g/mol. The maximum atomic E-state index is 10.8. The summed E-state index contributed by atoms with van der Waals surface area (Å²) in [5, 5.41) is 13.9. The number of primary amides is 1. The van der Waals surface area contributed by atoms with E-state index >= 15 is 0 Å². The van der Waals surface area contributed by atoms with Crippen LogP contribution in [0.25, 0.3) is 0 Å². The first-order chi connectivity index (χ1) is 17.3. The van der Waals surface area contributed by atoms with Crippen LogP contribution in [0.4, 0.5) is 5.69 Å². The van der Waals surface area contributed by atoms with Gasteiger partial charge in [-0.2, -0.15) is 0 Å². The van der Waals surface area contributed by atoms with Gasteiger partial charge >= 0.3 is 0 Å². The lowest BCUT2D eigenvalue weighted by atomic mass is 9.81. The summed E-state index contributed by atoms with van der Waals surface area (Å²) in [6.45, 7) is 0.955. The Labute approximate surface area is 210 Å². The molecule has 0 atom stereocenters. The number of aldehydes is 1. The average Bonchev–Trinajstić information content (AvgIpc) is 3.32. The maximum Gasteiger partial charge on any atom is 0.288 e. The highest BCUT2D eigenvalue weighted by atomic mass is 16.5. The summed E-state index contributed by atoms with van der Waals surface area (Å²) >= 11 is 0. The monoisotopic (exact) mass is 489 g/mol. The molecule has 3 N–H and O–H groups in total. The minimum atomic E-state index is -0.794. The number of anilines is 1. The van der Waals surface area contributed by atoms with Crippen molar-refractivity contribution in [2.45, 2.75) is 37.8 Å². The van der Waals surface area contributed by atoms with Gasteiger partial charge in [-0.05, 0) is 43.0 Å². The number of carbonyl (C=O) groups is 2. The van der Waals surface area contributed by atoms with E-state index in [1.54, 1.807) is 4.68 Å². The maximum absolute atomic E-state index is 10.8. The molecule has 3 aromatic rings. The van der Waals surface area contributed by atoms with Gasteiger partial charge in [0.25, 0.3) is 5.91 Å². The van der Waals surface area contributed by atoms with Gasteiger partial charge in [0, 0.05) is 26.1 Å². The van der Waals surface area contributed by atoms with Crippen LogP contribution in [0.15, 0.2) is 54.9 Å². The summed E-state index contributed by atoms with van der Waals surface area (Å²) in [6.07, 6.45) is 5.27. The first kappa shape index (κ1) is 26.4. The first-order valence-corrected chi connectivity index (χ1v) is 11.7. The summed E-state index contributed by atoms with van der Waals surface area (Å²) in [5.74, 6) is 6.16. The van der Waals surface area contributed by atoms with Gasteiger partial charge in [-0.15, -0.1) is 5.10 Å². The molecule has 9 heteroatoms. The van der Waals surface area contributed by atoms with Crippen molar-refractivity contribution in [3.63, 3.8) is 0 Å². The van der Waals surface area contributed by atoms with Gasteiger partial charge in [0.2, 0.25) is 5.82 Å². The van der Waals surface area contributed by atoms with Crippen LogP contribution < -0.4 is 15.4 Å². The fourth-order valence-corrected chi connectivity index (χ4v) is 3.36. The van der Waals surface area contributed by atoms with Gasteiger partial charge < -0.3 is 25.3 Å². The smallest absolute Gasteiger partial charge is 0.288 e. The Kier molecular flexibility index (Phi) is 9.19. The van der Waals surface area contributed by atoms with Crippen LogP contribution in [-0.4, -0.2) is 58.4 Å². The molecule has 4 rings (SSSR count). The molecule has 188 valence electrons. The lowest BCUT2D eigenvalue weighted by Gasteiger charge is -2.30. The SMILES string of the molecule is CN(C)c1cc(C#CC2(O)CCC2)ccc1OCCC=O.NC(=O)c1ncn(Cc2ccccc2)n1. The van der Waals surface area contributed by atoms with Crippen molar-refractivity contribution in [2.24, 2.45) is 5.73 Å². The fraction of sp³-hybridized carbons (Fsp3) is 0.333. The van der Waals surface area contributed by atoms with Gasteiger partial charge in [-0.1, -0.05) is 42.2 Å². The van der Waals surface area contributed by atoms with Gasteiger partial charge in [0.15, 0.2) is 0 Å². The molecule has 1 aliphatic carbocycles. The van der Waals surface area contributed by atoms with E-state index in [1.165, 1.54) is 6.33 Å². The standard InChI is InChI=1S/C17H21NO3.C10H10N4O/c1-18(2)15-13-14(7-10-17(20)8-3-9-17)5-6-16(15)21-12-4-11-19;11-9(15)10-12-7-14(13-10)6-8-4-2-1-3-5-8/h5-6,11,13,20H,3-4,8-9,12H2,1-2H3;1-5,7H,6H2,(H2,11,15). The van der Waals surface area contributed by atoms with Crippen molar-refractivity contribution in [3.8, 4) is 17.6 Å². The zero-order chi connectivity index (χ0) is 26.0. The molecule has 0 unspecified atom stereocenters. The molecule has 1 fully saturated rings. The van der Waals surface area contributed by atoms with E-state index in [-0.39, 0.29) is 5.82 Å². The molecule has 0 bridgehead atoms. The molecule has 1 aliphatic rings. The number of aliphatic hydroxyl groups is 1. The van der Waals surface area contributed by atoms with Crippen LogP contribution in [0.2, 0.25) is 0 Å². The van der Waals surface area contributed by atoms with Gasteiger partial charge in [-0.3, -0.25) is 4.79 Å². The molecule has 0 saturated heterocycles. The number of nitrogens with two attached hydrogens (primary N) is 1. The second kappa shape index (κ2) is 12.5. The average molecular weight is 490 g/mol. The molecule has 1 aromatic heterocycles. The molecule has 2 aromatic carbocycles. The van der Waals surface area contributed by atoms with Crippen LogP contribution in [0.1, 0.15) is 47.4 Å². The Morgan fingerprint density at radius 1 is 1.25 bits per heavy atom. The highest BCUT2D eigenvalue weighted by Crippen LogP contribution is 2.31. The summed E-state index contributed by atoms with van der Waals surface area (Å²) < 4.78 is 7.18. The molecule has 1 heterocycles. The van der Waals surface area contributed by atoms with Crippen LogP contribution in [0.3, 0.4) is 0 Å². The van der Waals surface area contributed by atoms with Crippen molar-refractivity contribution >= 4 is 17.9 Å². The van der Waals surface area contributed by atoms with Crippen LogP contribution >= 0.6 is 0 Å². The van der Waals surface area contributed by atoms with E-state index < -0.39 is 11.5 Å². The van der Waals surface area contributed by atoms with Gasteiger partial charge in [0.1, 0.15) is 24.0 Å². The molecule has 0 radical (unpaired) electrons. The molecule has 0 aliphatic heterocycles.